The predicted molar refractivity (Wildman–Crippen MR) is 118 cm³/mol. The van der Waals surface area contributed by atoms with Gasteiger partial charge < -0.3 is 20.7 Å². The largest absolute Gasteiger partial charge is 0.364 e. The first-order chi connectivity index (χ1) is 14.4. The average molecular weight is 429 g/mol. The van der Waals surface area contributed by atoms with Gasteiger partial charge in [-0.1, -0.05) is 11.6 Å². The molecule has 3 aromatic rings. The van der Waals surface area contributed by atoms with Gasteiger partial charge in [-0.2, -0.15) is 0 Å². The average Bonchev–Trinajstić information content (AvgIpc) is 3.10. The number of aromatic nitrogens is 3. The van der Waals surface area contributed by atoms with Gasteiger partial charge in [-0.25, -0.2) is 9.55 Å². The number of halogens is 1. The highest BCUT2D eigenvalue weighted by atomic mass is 35.5. The number of imidazole rings is 1. The van der Waals surface area contributed by atoms with Crippen LogP contribution in [0.25, 0.3) is 10.9 Å². The fourth-order valence-electron chi connectivity index (χ4n) is 4.36. The van der Waals surface area contributed by atoms with Gasteiger partial charge in [0.05, 0.1) is 12.1 Å². The van der Waals surface area contributed by atoms with Gasteiger partial charge in [-0.15, -0.1) is 0 Å². The van der Waals surface area contributed by atoms with Crippen LogP contribution in [0.15, 0.2) is 36.7 Å². The second-order valence-electron chi connectivity index (χ2n) is 7.83. The van der Waals surface area contributed by atoms with Crippen molar-refractivity contribution in [1.82, 2.24) is 14.5 Å². The van der Waals surface area contributed by atoms with Crippen molar-refractivity contribution in [3.8, 4) is 0 Å². The van der Waals surface area contributed by atoms with Crippen LogP contribution >= 0.6 is 11.6 Å². The highest BCUT2D eigenvalue weighted by Crippen LogP contribution is 2.33. The first-order valence-corrected chi connectivity index (χ1v) is 10.5. The molecule has 1 aliphatic carbocycles. The van der Waals surface area contributed by atoms with Crippen molar-refractivity contribution in [3.63, 3.8) is 0 Å². The van der Waals surface area contributed by atoms with E-state index in [0.29, 0.717) is 30.0 Å². The Kier molecular flexibility index (Phi) is 5.87. The highest BCUT2D eigenvalue weighted by Gasteiger charge is 2.27. The van der Waals surface area contributed by atoms with E-state index in [4.69, 9.17) is 17.3 Å². The molecule has 0 unspecified atom stereocenters. The molecule has 9 heteroatoms. The summed E-state index contributed by atoms with van der Waals surface area (Å²) in [4.78, 5) is 22.0. The van der Waals surface area contributed by atoms with Gasteiger partial charge in [0.2, 0.25) is 0 Å². The van der Waals surface area contributed by atoms with Crippen molar-refractivity contribution in [2.45, 2.75) is 51.2 Å². The van der Waals surface area contributed by atoms with E-state index in [1.165, 1.54) is 6.20 Å². The summed E-state index contributed by atoms with van der Waals surface area (Å²) in [6.45, 7) is 2.89. The number of fused-ring (bicyclic) bond motifs is 1. The molecule has 2 aromatic heterocycles. The summed E-state index contributed by atoms with van der Waals surface area (Å²) in [5, 5.41) is 13.1. The van der Waals surface area contributed by atoms with Gasteiger partial charge in [-0.05, 0) is 54.9 Å². The van der Waals surface area contributed by atoms with E-state index in [2.05, 4.69) is 14.9 Å². The van der Waals surface area contributed by atoms with E-state index in [-0.39, 0.29) is 16.8 Å². The van der Waals surface area contributed by atoms with Crippen LogP contribution in [-0.2, 0) is 6.54 Å². The number of nitro groups is 1. The molecular weight excluding hydrogens is 404 g/mol. The minimum atomic E-state index is -0.381. The Morgan fingerprint density at radius 3 is 2.77 bits per heavy atom. The minimum Gasteiger partial charge on any atom is -0.364 e. The number of hydrogen-bond acceptors (Lipinski definition) is 6. The summed E-state index contributed by atoms with van der Waals surface area (Å²) in [7, 11) is 0. The molecule has 0 spiro atoms. The third-order valence-corrected chi connectivity index (χ3v) is 6.19. The third kappa shape index (κ3) is 4.11. The molecule has 0 radical (unpaired) electrons. The molecule has 0 amide bonds. The van der Waals surface area contributed by atoms with E-state index in [9.17, 15) is 10.1 Å². The van der Waals surface area contributed by atoms with Crippen LogP contribution in [0.5, 0.6) is 0 Å². The van der Waals surface area contributed by atoms with Crippen LogP contribution < -0.4 is 10.6 Å². The SMILES string of the molecule is Cc1ncc([N+](=O)[O-])n1CCN(c1ccnc2cc(Cl)ccc12)C1CCC(N)CC1. The fraction of sp³-hybridized carbons (Fsp3) is 0.429. The number of rotatable bonds is 6. The third-order valence-electron chi connectivity index (χ3n) is 5.96. The summed E-state index contributed by atoms with van der Waals surface area (Å²) in [6, 6.07) is 8.30. The van der Waals surface area contributed by atoms with Gasteiger partial charge in [0, 0.05) is 41.3 Å². The first-order valence-electron chi connectivity index (χ1n) is 10.2. The topological polar surface area (TPSA) is 103 Å². The molecule has 1 saturated carbocycles. The van der Waals surface area contributed by atoms with Gasteiger partial charge in [0.25, 0.3) is 0 Å². The molecule has 0 bridgehead atoms. The molecular formula is C21H25ClN6O2. The van der Waals surface area contributed by atoms with Gasteiger partial charge in [0.15, 0.2) is 5.82 Å². The number of aryl methyl sites for hydroxylation is 1. The molecule has 2 N–H and O–H groups in total. The second kappa shape index (κ2) is 8.57. The van der Waals surface area contributed by atoms with E-state index in [0.717, 1.165) is 42.3 Å². The summed E-state index contributed by atoms with van der Waals surface area (Å²) in [5.41, 5.74) is 8.04. The number of anilines is 1. The van der Waals surface area contributed by atoms with E-state index in [1.807, 2.05) is 24.3 Å². The second-order valence-corrected chi connectivity index (χ2v) is 8.26. The molecule has 2 heterocycles. The van der Waals surface area contributed by atoms with Crippen LogP contribution in [0.2, 0.25) is 5.02 Å². The van der Waals surface area contributed by atoms with Crippen molar-refractivity contribution >= 4 is 34.0 Å². The van der Waals surface area contributed by atoms with Crippen LogP contribution in [0, 0.1) is 17.0 Å². The number of hydrogen-bond donors (Lipinski definition) is 1. The maximum atomic E-state index is 11.4. The standard InChI is InChI=1S/C21H25ClN6O2/c1-14-25-13-21(28(29)30)26(14)10-11-27(17-5-3-16(23)4-6-17)20-8-9-24-19-12-15(22)2-7-18(19)20/h2,7-9,12-13,16-17H,3-6,10-11,23H2,1H3. The molecule has 8 nitrogen and oxygen atoms in total. The number of nitrogens with zero attached hydrogens (tertiary/aromatic N) is 5. The predicted octanol–water partition coefficient (Wildman–Crippen LogP) is 4.08. The number of nitrogens with two attached hydrogens (primary N) is 1. The Morgan fingerprint density at radius 1 is 1.27 bits per heavy atom. The Morgan fingerprint density at radius 2 is 2.03 bits per heavy atom. The molecule has 30 heavy (non-hydrogen) atoms. The van der Waals surface area contributed by atoms with Crippen molar-refractivity contribution in [2.75, 3.05) is 11.4 Å². The van der Waals surface area contributed by atoms with Crippen LogP contribution in [0.1, 0.15) is 31.5 Å². The fourth-order valence-corrected chi connectivity index (χ4v) is 4.52. The Hall–Kier alpha value is -2.71. The van der Waals surface area contributed by atoms with Crippen molar-refractivity contribution in [3.05, 3.63) is 57.6 Å². The highest BCUT2D eigenvalue weighted by molar-refractivity contribution is 6.31. The van der Waals surface area contributed by atoms with E-state index in [1.54, 1.807) is 17.7 Å². The Labute approximate surface area is 179 Å². The first kappa shape index (κ1) is 20.6. The van der Waals surface area contributed by atoms with E-state index >= 15 is 0 Å². The summed E-state index contributed by atoms with van der Waals surface area (Å²) < 4.78 is 1.67. The number of benzene rings is 1. The normalized spacial score (nSPS) is 19.2. The zero-order chi connectivity index (χ0) is 21.3. The van der Waals surface area contributed by atoms with Gasteiger partial charge >= 0.3 is 5.82 Å². The lowest BCUT2D eigenvalue weighted by atomic mass is 9.90. The van der Waals surface area contributed by atoms with Gasteiger partial charge in [-0.3, -0.25) is 4.98 Å². The molecule has 1 fully saturated rings. The maximum absolute atomic E-state index is 11.4. The van der Waals surface area contributed by atoms with Crippen molar-refractivity contribution in [1.29, 1.82) is 0 Å². The monoisotopic (exact) mass is 428 g/mol. The van der Waals surface area contributed by atoms with Gasteiger partial charge in [0.1, 0.15) is 12.7 Å². The molecule has 158 valence electrons. The number of pyridine rings is 1. The lowest BCUT2D eigenvalue weighted by molar-refractivity contribution is -0.392. The van der Waals surface area contributed by atoms with Crippen LogP contribution in [-0.4, -0.2) is 38.1 Å². The zero-order valence-electron chi connectivity index (χ0n) is 16.9. The quantitative estimate of drug-likeness (QED) is 0.468. The van der Waals surface area contributed by atoms with Crippen LogP contribution in [0.3, 0.4) is 0 Å². The maximum Gasteiger partial charge on any atom is 0.342 e. The van der Waals surface area contributed by atoms with Crippen molar-refractivity contribution < 1.29 is 4.92 Å². The summed E-state index contributed by atoms with van der Waals surface area (Å²) in [6.07, 6.45) is 7.04. The smallest absolute Gasteiger partial charge is 0.342 e. The lowest BCUT2D eigenvalue weighted by Crippen LogP contribution is -2.42. The van der Waals surface area contributed by atoms with Crippen molar-refractivity contribution in [2.24, 2.45) is 5.73 Å². The summed E-state index contributed by atoms with van der Waals surface area (Å²) in [5.74, 6) is 0.656. The molecule has 4 rings (SSSR count). The molecule has 0 saturated heterocycles. The summed E-state index contributed by atoms with van der Waals surface area (Å²) >= 11 is 6.17. The minimum absolute atomic E-state index is 0.0180. The van der Waals surface area contributed by atoms with Crippen LogP contribution in [0.4, 0.5) is 11.5 Å². The molecule has 0 atom stereocenters. The molecule has 1 aromatic carbocycles. The lowest BCUT2D eigenvalue weighted by Gasteiger charge is -2.38. The Balaban J connectivity index is 1.69. The van der Waals surface area contributed by atoms with E-state index < -0.39 is 0 Å². The molecule has 0 aliphatic heterocycles. The Bertz CT molecular complexity index is 1060. The zero-order valence-corrected chi connectivity index (χ0v) is 17.6. The molecule has 1 aliphatic rings.